The third-order valence-electron chi connectivity index (χ3n) is 5.22. The van der Waals surface area contributed by atoms with Gasteiger partial charge in [0, 0.05) is 11.8 Å². The number of anilines is 1. The smallest absolute Gasteiger partial charge is 0.357 e. The number of hydrogen-bond donors (Lipinski definition) is 1. The van der Waals surface area contributed by atoms with E-state index in [1.165, 1.54) is 30.3 Å². The number of thiazole rings is 1. The van der Waals surface area contributed by atoms with Crippen molar-refractivity contribution >= 4 is 40.2 Å². The number of benzene rings is 2. The van der Waals surface area contributed by atoms with Crippen molar-refractivity contribution < 1.29 is 9.85 Å². The van der Waals surface area contributed by atoms with E-state index in [4.69, 9.17) is 5.73 Å². The maximum Gasteiger partial charge on any atom is 0.357 e. The highest BCUT2D eigenvalue weighted by molar-refractivity contribution is 7.07. The summed E-state index contributed by atoms with van der Waals surface area (Å²) >= 11 is 0.772. The molecule has 0 fully saturated rings. The maximum atomic E-state index is 13.2. The van der Waals surface area contributed by atoms with Crippen LogP contribution in [-0.4, -0.2) is 14.4 Å². The quantitative estimate of drug-likeness (QED) is 0.338. The first-order chi connectivity index (χ1) is 16.3. The van der Waals surface area contributed by atoms with E-state index >= 15 is 0 Å². The summed E-state index contributed by atoms with van der Waals surface area (Å²) in [5.74, 6) is -1.94. The average molecular weight is 472 g/mol. The normalized spacial score (nSPS) is 15.4. The highest BCUT2D eigenvalue weighted by Crippen LogP contribution is 2.39. The predicted molar refractivity (Wildman–Crippen MR) is 123 cm³/mol. The van der Waals surface area contributed by atoms with Crippen molar-refractivity contribution in [3.05, 3.63) is 105 Å². The molecule has 3 aromatic rings. The second kappa shape index (κ2) is 8.46. The number of allylic oxidation sites excluding steroid dienone is 1. The van der Waals surface area contributed by atoms with E-state index in [2.05, 4.69) is 0 Å². The first-order valence-electron chi connectivity index (χ1n) is 9.54. The molecule has 12 heteroatoms. The van der Waals surface area contributed by atoms with Gasteiger partial charge in [0.05, 0.1) is 16.4 Å². The first kappa shape index (κ1) is 22.1. The van der Waals surface area contributed by atoms with Crippen LogP contribution in [0.2, 0.25) is 0 Å². The van der Waals surface area contributed by atoms with Crippen molar-refractivity contribution in [2.24, 2.45) is 0 Å². The summed E-state index contributed by atoms with van der Waals surface area (Å²) in [7, 11) is 0. The summed E-state index contributed by atoms with van der Waals surface area (Å²) in [6.45, 7) is 0. The summed E-state index contributed by atoms with van der Waals surface area (Å²) in [5, 5.41) is 43.2. The van der Waals surface area contributed by atoms with Gasteiger partial charge in [-0.15, -0.1) is 4.57 Å². The van der Waals surface area contributed by atoms with Crippen molar-refractivity contribution in [3.63, 3.8) is 0 Å². The molecule has 1 atom stereocenters. The molecule has 0 radical (unpaired) electrons. The summed E-state index contributed by atoms with van der Waals surface area (Å²) < 4.78 is 0.588. The number of nitro groups is 2. The number of nitro benzene ring substituents is 1. The van der Waals surface area contributed by atoms with Crippen LogP contribution in [0.1, 0.15) is 17.0 Å². The summed E-state index contributed by atoms with van der Waals surface area (Å²) in [6.07, 6.45) is 1.24. The van der Waals surface area contributed by atoms with E-state index in [1.807, 2.05) is 6.07 Å². The Morgan fingerprint density at radius 1 is 1.00 bits per heavy atom. The standard InChI is InChI=1S/C22H12N6O5S/c23-10-14-19(13-6-2-3-7-16(13)25)15(11-24)22-26(20(14)28(32)33)21(29)18(34-22)9-12-5-1-4-8-17(12)27(30)31/h1-9,19H,25H2/b18-9-. The first-order valence-corrected chi connectivity index (χ1v) is 10.4. The topological polar surface area (TPSA) is 182 Å². The number of hydrogen-bond acceptors (Lipinski definition) is 9. The summed E-state index contributed by atoms with van der Waals surface area (Å²) in [6, 6.07) is 15.8. The molecular weight excluding hydrogens is 460 g/mol. The zero-order valence-corrected chi connectivity index (χ0v) is 17.9. The maximum absolute atomic E-state index is 13.2. The lowest BCUT2D eigenvalue weighted by molar-refractivity contribution is -0.385. The van der Waals surface area contributed by atoms with Gasteiger partial charge in [-0.05, 0) is 28.7 Å². The van der Waals surface area contributed by atoms with Crippen LogP contribution in [0.25, 0.3) is 17.5 Å². The molecule has 166 valence electrons. The molecule has 0 amide bonds. The molecule has 1 unspecified atom stereocenters. The molecule has 0 saturated heterocycles. The molecule has 2 heterocycles. The Morgan fingerprint density at radius 2 is 1.65 bits per heavy atom. The molecule has 4 rings (SSSR count). The number of nitriles is 2. The van der Waals surface area contributed by atoms with Crippen LogP contribution in [0.5, 0.6) is 0 Å². The monoisotopic (exact) mass is 472 g/mol. The molecule has 34 heavy (non-hydrogen) atoms. The SMILES string of the molecule is N#CC1=C([N+](=O)[O-])n2c(s/c(=C\c3ccccc3[N+](=O)[O-])c2=O)=C(C#N)C1c1ccccc1N. The number of fused-ring (bicyclic) bond motifs is 1. The van der Waals surface area contributed by atoms with Crippen molar-refractivity contribution in [2.45, 2.75) is 5.92 Å². The van der Waals surface area contributed by atoms with Crippen molar-refractivity contribution in [3.8, 4) is 12.1 Å². The zero-order chi connectivity index (χ0) is 24.6. The van der Waals surface area contributed by atoms with Crippen molar-refractivity contribution in [1.29, 1.82) is 10.5 Å². The Balaban J connectivity index is 2.16. The van der Waals surface area contributed by atoms with Crippen LogP contribution >= 0.6 is 11.3 Å². The Bertz CT molecular complexity index is 1690. The number of aromatic nitrogens is 1. The number of nitrogens with zero attached hydrogens (tertiary/aromatic N) is 5. The van der Waals surface area contributed by atoms with Crippen LogP contribution in [0.3, 0.4) is 0 Å². The van der Waals surface area contributed by atoms with Gasteiger partial charge < -0.3 is 15.8 Å². The van der Waals surface area contributed by atoms with Gasteiger partial charge in [0.2, 0.25) is 4.66 Å². The second-order valence-electron chi connectivity index (χ2n) is 7.07. The number of nitrogen functional groups attached to an aromatic ring is 1. The Labute approximate surface area is 194 Å². The van der Waals surface area contributed by atoms with Gasteiger partial charge >= 0.3 is 11.4 Å². The lowest BCUT2D eigenvalue weighted by atomic mass is 9.83. The predicted octanol–water partition coefficient (Wildman–Crippen LogP) is 1.67. The van der Waals surface area contributed by atoms with Gasteiger partial charge in [-0.2, -0.15) is 10.5 Å². The van der Waals surface area contributed by atoms with E-state index < -0.39 is 32.7 Å². The van der Waals surface area contributed by atoms with E-state index in [9.17, 15) is 35.5 Å². The van der Waals surface area contributed by atoms with Crippen LogP contribution < -0.4 is 20.5 Å². The molecule has 2 aromatic carbocycles. The fourth-order valence-electron chi connectivity index (χ4n) is 3.78. The largest absolute Gasteiger partial charge is 0.398 e. The van der Waals surface area contributed by atoms with Gasteiger partial charge in [-0.1, -0.05) is 41.7 Å². The lowest BCUT2D eigenvalue weighted by Gasteiger charge is -2.20. The van der Waals surface area contributed by atoms with Crippen molar-refractivity contribution in [2.75, 3.05) is 5.73 Å². The van der Waals surface area contributed by atoms with Gasteiger partial charge in [0.15, 0.2) is 0 Å². The Morgan fingerprint density at radius 3 is 2.26 bits per heavy atom. The van der Waals surface area contributed by atoms with E-state index in [-0.39, 0.29) is 31.7 Å². The Hall–Kier alpha value is -5.07. The number of nitrogens with two attached hydrogens (primary N) is 1. The van der Waals surface area contributed by atoms with Crippen molar-refractivity contribution in [1.82, 2.24) is 4.57 Å². The minimum Gasteiger partial charge on any atom is -0.398 e. The Kier molecular flexibility index (Phi) is 5.51. The molecule has 0 bridgehead atoms. The zero-order valence-electron chi connectivity index (χ0n) is 17.0. The molecule has 0 saturated carbocycles. The highest BCUT2D eigenvalue weighted by Gasteiger charge is 2.40. The molecule has 1 aliphatic rings. The van der Waals surface area contributed by atoms with E-state index in [0.717, 1.165) is 11.3 Å². The minimum absolute atomic E-state index is 0.0451. The van der Waals surface area contributed by atoms with E-state index in [0.29, 0.717) is 10.1 Å². The summed E-state index contributed by atoms with van der Waals surface area (Å²) in [5.41, 5.74) is 5.08. The average Bonchev–Trinajstić information content (AvgIpc) is 3.13. The molecule has 0 aliphatic carbocycles. The molecule has 1 aromatic heterocycles. The molecular formula is C22H12N6O5S. The number of rotatable bonds is 4. The van der Waals surface area contributed by atoms with Gasteiger partial charge in [0.1, 0.15) is 27.8 Å². The molecule has 2 N–H and O–H groups in total. The molecule has 1 aliphatic heterocycles. The van der Waals surface area contributed by atoms with Gasteiger partial charge in [-0.25, -0.2) is 4.79 Å². The third kappa shape index (κ3) is 3.40. The van der Waals surface area contributed by atoms with Gasteiger partial charge in [0.25, 0.3) is 5.69 Å². The molecule has 0 spiro atoms. The third-order valence-corrected chi connectivity index (χ3v) is 6.33. The van der Waals surface area contributed by atoms with Crippen LogP contribution in [0, 0.1) is 42.9 Å². The second-order valence-corrected chi connectivity index (χ2v) is 8.10. The van der Waals surface area contributed by atoms with Crippen LogP contribution in [0.15, 0.2) is 58.9 Å². The van der Waals surface area contributed by atoms with E-state index in [1.54, 1.807) is 30.3 Å². The lowest BCUT2D eigenvalue weighted by Crippen LogP contribution is -2.38. The highest BCUT2D eigenvalue weighted by atomic mass is 32.1. The van der Waals surface area contributed by atoms with Crippen LogP contribution in [0.4, 0.5) is 11.4 Å². The fraction of sp³-hybridized carbons (Fsp3) is 0.0455. The molecule has 11 nitrogen and oxygen atoms in total. The van der Waals surface area contributed by atoms with Crippen LogP contribution in [-0.2, 0) is 0 Å². The fourth-order valence-corrected chi connectivity index (χ4v) is 4.89. The minimum atomic E-state index is -1.16. The summed E-state index contributed by atoms with van der Waals surface area (Å²) in [4.78, 5) is 35.1. The van der Waals surface area contributed by atoms with Gasteiger partial charge in [-0.3, -0.25) is 10.1 Å². The number of para-hydroxylation sites is 2.